The monoisotopic (exact) mass is 331 g/mol. The number of halogens is 1. The number of hydrogen-bond donors (Lipinski definition) is 1. The SMILES string of the molecule is Cc1ccc(CCC(=O)Nc2cc(C)cc(Br)c2)cc1. The average Bonchev–Trinajstić information content (AvgIpc) is 2.37. The quantitative estimate of drug-likeness (QED) is 0.868. The van der Waals surface area contributed by atoms with E-state index in [9.17, 15) is 4.79 Å². The van der Waals surface area contributed by atoms with E-state index in [2.05, 4.69) is 52.4 Å². The fraction of sp³-hybridized carbons (Fsp3) is 0.235. The lowest BCUT2D eigenvalue weighted by Gasteiger charge is -2.07. The number of benzene rings is 2. The Bertz CT molecular complexity index is 585. The molecule has 2 nitrogen and oxygen atoms in total. The lowest BCUT2D eigenvalue weighted by Crippen LogP contribution is -2.12. The maximum absolute atomic E-state index is 11.9. The van der Waals surface area contributed by atoms with Gasteiger partial charge in [-0.05, 0) is 49.6 Å². The minimum Gasteiger partial charge on any atom is -0.326 e. The van der Waals surface area contributed by atoms with Crippen LogP contribution in [0.2, 0.25) is 0 Å². The van der Waals surface area contributed by atoms with Crippen LogP contribution in [0.5, 0.6) is 0 Å². The number of nitrogens with one attached hydrogen (secondary N) is 1. The van der Waals surface area contributed by atoms with Crippen molar-refractivity contribution in [2.45, 2.75) is 26.7 Å². The fourth-order valence-electron chi connectivity index (χ4n) is 2.04. The van der Waals surface area contributed by atoms with Gasteiger partial charge in [-0.3, -0.25) is 4.79 Å². The van der Waals surface area contributed by atoms with E-state index in [1.54, 1.807) is 0 Å². The molecule has 0 unspecified atom stereocenters. The summed E-state index contributed by atoms with van der Waals surface area (Å²) < 4.78 is 0.978. The number of amides is 1. The molecule has 1 amide bonds. The molecule has 2 rings (SSSR count). The molecule has 3 heteroatoms. The zero-order valence-corrected chi connectivity index (χ0v) is 13.3. The van der Waals surface area contributed by atoms with E-state index >= 15 is 0 Å². The van der Waals surface area contributed by atoms with Crippen LogP contribution in [0, 0.1) is 13.8 Å². The second-order valence-electron chi connectivity index (χ2n) is 5.05. The van der Waals surface area contributed by atoms with Crippen LogP contribution in [-0.2, 0) is 11.2 Å². The van der Waals surface area contributed by atoms with Crippen LogP contribution in [-0.4, -0.2) is 5.91 Å². The van der Waals surface area contributed by atoms with Crippen LogP contribution in [0.4, 0.5) is 5.69 Å². The molecular weight excluding hydrogens is 314 g/mol. The van der Waals surface area contributed by atoms with Gasteiger partial charge in [-0.1, -0.05) is 45.8 Å². The maximum atomic E-state index is 11.9. The smallest absolute Gasteiger partial charge is 0.224 e. The summed E-state index contributed by atoms with van der Waals surface area (Å²) in [4.78, 5) is 11.9. The van der Waals surface area contributed by atoms with Crippen LogP contribution in [0.3, 0.4) is 0 Å². The van der Waals surface area contributed by atoms with Gasteiger partial charge in [-0.25, -0.2) is 0 Å². The lowest BCUT2D eigenvalue weighted by atomic mass is 10.1. The van der Waals surface area contributed by atoms with Crippen LogP contribution in [0.15, 0.2) is 46.9 Å². The van der Waals surface area contributed by atoms with Gasteiger partial charge in [-0.15, -0.1) is 0 Å². The van der Waals surface area contributed by atoms with Crippen molar-refractivity contribution >= 4 is 27.5 Å². The van der Waals surface area contributed by atoms with Gasteiger partial charge in [0.15, 0.2) is 0 Å². The predicted molar refractivity (Wildman–Crippen MR) is 87.0 cm³/mol. The van der Waals surface area contributed by atoms with E-state index in [1.165, 1.54) is 11.1 Å². The molecule has 2 aromatic rings. The second kappa shape index (κ2) is 6.71. The Kier molecular flexibility index (Phi) is 4.96. The first-order chi connectivity index (χ1) is 9.52. The number of rotatable bonds is 4. The highest BCUT2D eigenvalue weighted by Crippen LogP contribution is 2.19. The minimum absolute atomic E-state index is 0.0445. The highest BCUT2D eigenvalue weighted by molar-refractivity contribution is 9.10. The van der Waals surface area contributed by atoms with Crippen LogP contribution >= 0.6 is 15.9 Å². The molecule has 0 saturated carbocycles. The normalized spacial score (nSPS) is 10.3. The molecule has 0 radical (unpaired) electrons. The van der Waals surface area contributed by atoms with Gasteiger partial charge in [0.05, 0.1) is 0 Å². The molecule has 2 aromatic carbocycles. The molecule has 0 atom stereocenters. The standard InChI is InChI=1S/C17H18BrNO/c1-12-3-5-14(6-4-12)7-8-17(20)19-16-10-13(2)9-15(18)11-16/h3-6,9-11H,7-8H2,1-2H3,(H,19,20). The van der Waals surface area contributed by atoms with Crippen molar-refractivity contribution < 1.29 is 4.79 Å². The summed E-state index contributed by atoms with van der Waals surface area (Å²) in [6.45, 7) is 4.07. The molecule has 0 saturated heterocycles. The molecule has 0 aliphatic rings. The number of hydrogen-bond acceptors (Lipinski definition) is 1. The first-order valence-electron chi connectivity index (χ1n) is 6.65. The van der Waals surface area contributed by atoms with Gasteiger partial charge in [0.1, 0.15) is 0 Å². The summed E-state index contributed by atoms with van der Waals surface area (Å²) in [7, 11) is 0. The fourth-order valence-corrected chi connectivity index (χ4v) is 2.65. The van der Waals surface area contributed by atoms with Gasteiger partial charge in [0.25, 0.3) is 0 Å². The van der Waals surface area contributed by atoms with E-state index in [4.69, 9.17) is 0 Å². The molecule has 1 N–H and O–H groups in total. The van der Waals surface area contributed by atoms with Gasteiger partial charge in [-0.2, -0.15) is 0 Å². The first kappa shape index (κ1) is 14.8. The third kappa shape index (κ3) is 4.49. The van der Waals surface area contributed by atoms with Crippen molar-refractivity contribution in [2.75, 3.05) is 5.32 Å². The van der Waals surface area contributed by atoms with Gasteiger partial charge in [0.2, 0.25) is 5.91 Å². The van der Waals surface area contributed by atoms with Gasteiger partial charge in [0, 0.05) is 16.6 Å². The van der Waals surface area contributed by atoms with Gasteiger partial charge < -0.3 is 5.32 Å². The van der Waals surface area contributed by atoms with Crippen molar-refractivity contribution in [3.05, 3.63) is 63.6 Å². The molecule has 20 heavy (non-hydrogen) atoms. The highest BCUT2D eigenvalue weighted by atomic mass is 79.9. The average molecular weight is 332 g/mol. The van der Waals surface area contributed by atoms with E-state index in [0.29, 0.717) is 6.42 Å². The van der Waals surface area contributed by atoms with Crippen molar-refractivity contribution in [3.63, 3.8) is 0 Å². The Morgan fingerprint density at radius 1 is 1.05 bits per heavy atom. The molecule has 0 fully saturated rings. The van der Waals surface area contributed by atoms with E-state index < -0.39 is 0 Å². The van der Waals surface area contributed by atoms with E-state index in [-0.39, 0.29) is 5.91 Å². The van der Waals surface area contributed by atoms with Crippen molar-refractivity contribution in [1.82, 2.24) is 0 Å². The number of carbonyl (C=O) groups excluding carboxylic acids is 1. The summed E-state index contributed by atoms with van der Waals surface area (Å²) in [5.41, 5.74) is 4.39. The van der Waals surface area contributed by atoms with Crippen molar-refractivity contribution in [3.8, 4) is 0 Å². The summed E-state index contributed by atoms with van der Waals surface area (Å²) in [6.07, 6.45) is 1.26. The molecular formula is C17H18BrNO. The number of anilines is 1. The molecule has 0 aliphatic carbocycles. The zero-order chi connectivity index (χ0) is 14.5. The third-order valence-electron chi connectivity index (χ3n) is 3.09. The van der Waals surface area contributed by atoms with E-state index in [0.717, 1.165) is 22.1 Å². The Labute approximate surface area is 128 Å². The molecule has 0 aromatic heterocycles. The summed E-state index contributed by atoms with van der Waals surface area (Å²) >= 11 is 3.43. The Hall–Kier alpha value is -1.61. The zero-order valence-electron chi connectivity index (χ0n) is 11.7. The van der Waals surface area contributed by atoms with Crippen LogP contribution < -0.4 is 5.32 Å². The third-order valence-corrected chi connectivity index (χ3v) is 3.55. The Morgan fingerprint density at radius 3 is 2.40 bits per heavy atom. The molecule has 0 aliphatic heterocycles. The minimum atomic E-state index is 0.0445. The molecule has 0 spiro atoms. The van der Waals surface area contributed by atoms with E-state index in [1.807, 2.05) is 25.1 Å². The summed E-state index contributed by atoms with van der Waals surface area (Å²) in [5.74, 6) is 0.0445. The van der Waals surface area contributed by atoms with Crippen molar-refractivity contribution in [1.29, 1.82) is 0 Å². The summed E-state index contributed by atoms with van der Waals surface area (Å²) in [6, 6.07) is 14.2. The second-order valence-corrected chi connectivity index (χ2v) is 5.97. The largest absolute Gasteiger partial charge is 0.326 e. The maximum Gasteiger partial charge on any atom is 0.224 e. The molecule has 0 bridgehead atoms. The summed E-state index contributed by atoms with van der Waals surface area (Å²) in [5, 5.41) is 2.94. The number of carbonyl (C=O) groups is 1. The molecule has 0 heterocycles. The van der Waals surface area contributed by atoms with Crippen molar-refractivity contribution in [2.24, 2.45) is 0 Å². The van der Waals surface area contributed by atoms with Crippen LogP contribution in [0.25, 0.3) is 0 Å². The predicted octanol–water partition coefficient (Wildman–Crippen LogP) is 4.64. The Balaban J connectivity index is 1.90. The Morgan fingerprint density at radius 2 is 1.75 bits per heavy atom. The topological polar surface area (TPSA) is 29.1 Å². The number of aryl methyl sites for hydroxylation is 3. The van der Waals surface area contributed by atoms with Gasteiger partial charge >= 0.3 is 0 Å². The lowest BCUT2D eigenvalue weighted by molar-refractivity contribution is -0.116. The highest BCUT2D eigenvalue weighted by Gasteiger charge is 2.04. The van der Waals surface area contributed by atoms with Crippen LogP contribution in [0.1, 0.15) is 23.1 Å². The first-order valence-corrected chi connectivity index (χ1v) is 7.45. The molecule has 104 valence electrons.